The van der Waals surface area contributed by atoms with E-state index in [0.717, 1.165) is 0 Å². The van der Waals surface area contributed by atoms with Crippen molar-refractivity contribution in [1.82, 2.24) is 4.72 Å². The van der Waals surface area contributed by atoms with Crippen LogP contribution in [0.25, 0.3) is 0 Å². The summed E-state index contributed by atoms with van der Waals surface area (Å²) in [6.07, 6.45) is 0.568. The molecule has 0 radical (unpaired) electrons. The van der Waals surface area contributed by atoms with Gasteiger partial charge in [-0.05, 0) is 24.6 Å². The van der Waals surface area contributed by atoms with Gasteiger partial charge in [0, 0.05) is 12.4 Å². The average molecular weight is 259 g/mol. The van der Waals surface area contributed by atoms with E-state index in [-0.39, 0.29) is 4.90 Å². The van der Waals surface area contributed by atoms with Gasteiger partial charge in [-0.3, -0.25) is 0 Å². The van der Waals surface area contributed by atoms with Crippen molar-refractivity contribution in [2.45, 2.75) is 11.3 Å². The van der Waals surface area contributed by atoms with Crippen LogP contribution in [-0.2, 0) is 10.0 Å². The third-order valence-electron chi connectivity index (χ3n) is 1.88. The summed E-state index contributed by atoms with van der Waals surface area (Å²) < 4.78 is 25.8. The molecule has 0 aliphatic carbocycles. The summed E-state index contributed by atoms with van der Waals surface area (Å²) in [5, 5.41) is 8.66. The van der Waals surface area contributed by atoms with E-state index in [9.17, 15) is 8.42 Å². The number of rotatable bonds is 5. The van der Waals surface area contributed by atoms with Crippen molar-refractivity contribution in [1.29, 1.82) is 5.26 Å². The van der Waals surface area contributed by atoms with Crippen LogP contribution in [0.1, 0.15) is 12.0 Å². The molecule has 1 N–H and O–H groups in total. The Morgan fingerprint density at radius 3 is 2.81 bits per heavy atom. The van der Waals surface area contributed by atoms with Gasteiger partial charge in [0.1, 0.15) is 0 Å². The number of nitriles is 1. The van der Waals surface area contributed by atoms with Gasteiger partial charge in [0.05, 0.1) is 16.5 Å². The number of hydrogen-bond donors (Lipinski definition) is 1. The van der Waals surface area contributed by atoms with E-state index in [1.165, 1.54) is 18.2 Å². The maximum atomic E-state index is 11.7. The normalized spacial score (nSPS) is 11.0. The average Bonchev–Trinajstić information content (AvgIpc) is 2.29. The summed E-state index contributed by atoms with van der Waals surface area (Å²) in [5.41, 5.74) is 0.320. The van der Waals surface area contributed by atoms with Gasteiger partial charge in [-0.15, -0.1) is 11.6 Å². The molecule has 1 aromatic carbocycles. The summed E-state index contributed by atoms with van der Waals surface area (Å²) in [6, 6.07) is 7.77. The van der Waals surface area contributed by atoms with Gasteiger partial charge in [-0.2, -0.15) is 5.26 Å². The Bertz CT molecular complexity index is 494. The lowest BCUT2D eigenvalue weighted by atomic mass is 10.2. The molecule has 6 heteroatoms. The first-order valence-corrected chi connectivity index (χ1v) is 6.68. The molecule has 0 saturated carbocycles. The van der Waals surface area contributed by atoms with Crippen LogP contribution >= 0.6 is 11.6 Å². The molecule has 0 bridgehead atoms. The third kappa shape index (κ3) is 3.49. The maximum Gasteiger partial charge on any atom is 0.240 e. The Labute approximate surface area is 99.9 Å². The number of hydrogen-bond acceptors (Lipinski definition) is 3. The first-order chi connectivity index (χ1) is 7.60. The number of halogens is 1. The fourth-order valence-electron chi connectivity index (χ4n) is 1.09. The Morgan fingerprint density at radius 1 is 1.44 bits per heavy atom. The van der Waals surface area contributed by atoms with Gasteiger partial charge in [0.15, 0.2) is 0 Å². The Hall–Kier alpha value is -1.09. The number of nitrogens with zero attached hydrogens (tertiary/aromatic N) is 1. The molecule has 0 aromatic heterocycles. The minimum atomic E-state index is -3.52. The smallest absolute Gasteiger partial charge is 0.211 e. The molecule has 1 aromatic rings. The molecule has 0 atom stereocenters. The molecule has 0 aliphatic rings. The Morgan fingerprint density at radius 2 is 2.19 bits per heavy atom. The van der Waals surface area contributed by atoms with E-state index in [1.807, 2.05) is 6.07 Å². The van der Waals surface area contributed by atoms with Crippen LogP contribution in [0.4, 0.5) is 0 Å². The minimum Gasteiger partial charge on any atom is -0.211 e. The molecule has 4 nitrogen and oxygen atoms in total. The van der Waals surface area contributed by atoms with Crippen molar-refractivity contribution in [2.75, 3.05) is 12.4 Å². The highest BCUT2D eigenvalue weighted by Gasteiger charge is 2.13. The van der Waals surface area contributed by atoms with Gasteiger partial charge in [0.2, 0.25) is 10.0 Å². The third-order valence-corrected chi connectivity index (χ3v) is 3.60. The molecular formula is C10H11ClN2O2S. The van der Waals surface area contributed by atoms with Gasteiger partial charge in [-0.25, -0.2) is 13.1 Å². The highest BCUT2D eigenvalue weighted by Crippen LogP contribution is 2.10. The zero-order valence-electron chi connectivity index (χ0n) is 8.48. The standard InChI is InChI=1S/C10H11ClN2O2S/c11-5-2-6-13-16(14,15)10-4-1-3-9(7-10)8-12/h1,3-4,7,13H,2,5-6H2. The second kappa shape index (κ2) is 5.85. The van der Waals surface area contributed by atoms with Crippen LogP contribution < -0.4 is 4.72 Å². The predicted octanol–water partition coefficient (Wildman–Crippen LogP) is 1.47. The summed E-state index contributed by atoms with van der Waals surface area (Å²) in [6.45, 7) is 0.294. The second-order valence-corrected chi connectivity index (χ2v) is 5.22. The van der Waals surface area contributed by atoms with Crippen LogP contribution in [0.3, 0.4) is 0 Å². The van der Waals surface area contributed by atoms with E-state index in [2.05, 4.69) is 4.72 Å². The molecular weight excluding hydrogens is 248 g/mol. The molecule has 16 heavy (non-hydrogen) atoms. The van der Waals surface area contributed by atoms with Crippen molar-refractivity contribution in [3.05, 3.63) is 29.8 Å². The van der Waals surface area contributed by atoms with Gasteiger partial charge in [0.25, 0.3) is 0 Å². The van der Waals surface area contributed by atoms with E-state index in [0.29, 0.717) is 24.4 Å². The first kappa shape index (κ1) is 13.0. The fourth-order valence-corrected chi connectivity index (χ4v) is 2.34. The first-order valence-electron chi connectivity index (χ1n) is 4.66. The molecule has 0 aliphatic heterocycles. The summed E-state index contributed by atoms with van der Waals surface area (Å²) in [4.78, 5) is 0.0983. The lowest BCUT2D eigenvalue weighted by Gasteiger charge is -2.05. The molecule has 0 saturated heterocycles. The second-order valence-electron chi connectivity index (χ2n) is 3.08. The SMILES string of the molecule is N#Cc1cccc(S(=O)(=O)NCCCCl)c1. The highest BCUT2D eigenvalue weighted by atomic mass is 35.5. The summed E-state index contributed by atoms with van der Waals surface area (Å²) >= 11 is 5.45. The number of alkyl halides is 1. The minimum absolute atomic E-state index is 0.0983. The van der Waals surface area contributed by atoms with Crippen molar-refractivity contribution in [3.63, 3.8) is 0 Å². The quantitative estimate of drug-likeness (QED) is 0.642. The van der Waals surface area contributed by atoms with E-state index in [1.54, 1.807) is 6.07 Å². The molecule has 0 amide bonds. The lowest BCUT2D eigenvalue weighted by molar-refractivity contribution is 0.581. The van der Waals surface area contributed by atoms with Crippen molar-refractivity contribution in [3.8, 4) is 6.07 Å². The van der Waals surface area contributed by atoms with E-state index in [4.69, 9.17) is 16.9 Å². The van der Waals surface area contributed by atoms with Gasteiger partial charge < -0.3 is 0 Å². The lowest BCUT2D eigenvalue weighted by Crippen LogP contribution is -2.25. The fraction of sp³-hybridized carbons (Fsp3) is 0.300. The number of benzene rings is 1. The van der Waals surface area contributed by atoms with Crippen LogP contribution in [0.15, 0.2) is 29.2 Å². The molecule has 0 unspecified atom stereocenters. The molecule has 0 spiro atoms. The van der Waals surface area contributed by atoms with Crippen LogP contribution in [0.2, 0.25) is 0 Å². The maximum absolute atomic E-state index is 11.7. The summed E-state index contributed by atoms with van der Waals surface area (Å²) in [5.74, 6) is 0.404. The van der Waals surface area contributed by atoms with Gasteiger partial charge in [-0.1, -0.05) is 6.07 Å². The van der Waals surface area contributed by atoms with Crippen molar-refractivity contribution in [2.24, 2.45) is 0 Å². The number of sulfonamides is 1. The Balaban J connectivity index is 2.86. The Kier molecular flexibility index (Phi) is 4.74. The van der Waals surface area contributed by atoms with Crippen LogP contribution in [-0.4, -0.2) is 20.8 Å². The van der Waals surface area contributed by atoms with Crippen molar-refractivity contribution >= 4 is 21.6 Å². The predicted molar refractivity (Wildman–Crippen MR) is 61.7 cm³/mol. The molecule has 0 fully saturated rings. The summed E-state index contributed by atoms with van der Waals surface area (Å²) in [7, 11) is -3.52. The zero-order chi connectivity index (χ0) is 12.0. The van der Waals surface area contributed by atoms with E-state index >= 15 is 0 Å². The molecule has 0 heterocycles. The topological polar surface area (TPSA) is 70.0 Å². The zero-order valence-corrected chi connectivity index (χ0v) is 10.1. The number of nitrogens with one attached hydrogen (secondary N) is 1. The van der Waals surface area contributed by atoms with Gasteiger partial charge >= 0.3 is 0 Å². The largest absolute Gasteiger partial charge is 0.240 e. The molecule has 1 rings (SSSR count). The van der Waals surface area contributed by atoms with Crippen LogP contribution in [0, 0.1) is 11.3 Å². The highest BCUT2D eigenvalue weighted by molar-refractivity contribution is 7.89. The monoisotopic (exact) mass is 258 g/mol. The van der Waals surface area contributed by atoms with Crippen molar-refractivity contribution < 1.29 is 8.42 Å². The molecule has 86 valence electrons. The van der Waals surface area contributed by atoms with Crippen LogP contribution in [0.5, 0.6) is 0 Å². The van der Waals surface area contributed by atoms with E-state index < -0.39 is 10.0 Å².